The smallest absolute Gasteiger partial charge is 0.0640 e. The number of fused-ring (bicyclic) bond motifs is 5. The number of nitrogens with zero attached hydrogens (tertiary/aromatic N) is 2. The first-order chi connectivity index (χ1) is 21.3. The molecule has 8 aromatic rings. The van der Waals surface area contributed by atoms with E-state index in [2.05, 4.69) is 180 Å². The zero-order valence-electron chi connectivity index (χ0n) is 23.5. The van der Waals surface area contributed by atoms with Crippen molar-refractivity contribution in [3.05, 3.63) is 170 Å². The molecule has 0 atom stereocenters. The molecule has 7 aromatic carbocycles. The summed E-state index contributed by atoms with van der Waals surface area (Å²) in [7, 11) is 0. The number of hydrogen-bond donors (Lipinski definition) is 0. The molecule has 0 aliphatic carbocycles. The van der Waals surface area contributed by atoms with E-state index in [4.69, 9.17) is 0 Å². The summed E-state index contributed by atoms with van der Waals surface area (Å²) in [4.78, 5) is 4.69. The van der Waals surface area contributed by atoms with Crippen molar-refractivity contribution in [2.45, 2.75) is 0 Å². The predicted molar refractivity (Wildman–Crippen MR) is 186 cm³/mol. The summed E-state index contributed by atoms with van der Waals surface area (Å²) in [6.07, 6.45) is 0. The maximum atomic E-state index is 2.39. The van der Waals surface area contributed by atoms with Gasteiger partial charge >= 0.3 is 0 Å². The van der Waals surface area contributed by atoms with Crippen molar-refractivity contribution in [1.82, 2.24) is 0 Å². The zero-order valence-corrected chi connectivity index (χ0v) is 24.3. The van der Waals surface area contributed by atoms with Crippen LogP contribution in [0.15, 0.2) is 170 Å². The number of para-hydroxylation sites is 3. The molecule has 0 spiro atoms. The summed E-state index contributed by atoms with van der Waals surface area (Å²) in [5.74, 6) is 0. The van der Waals surface area contributed by atoms with Crippen LogP contribution in [0.25, 0.3) is 30.9 Å². The Hall–Kier alpha value is -5.38. The fourth-order valence-corrected chi connectivity index (χ4v) is 7.38. The van der Waals surface area contributed by atoms with E-state index in [0.29, 0.717) is 0 Å². The SMILES string of the molecule is c1ccc(N(c2ccccc2)c2ccc(N(c3ccccc3)c3cccc4c3sc3c5ccccc5ccc43)cc2)cc1. The summed E-state index contributed by atoms with van der Waals surface area (Å²) in [5.41, 5.74) is 6.80. The lowest BCUT2D eigenvalue weighted by Gasteiger charge is -2.28. The zero-order chi connectivity index (χ0) is 28.6. The lowest BCUT2D eigenvalue weighted by Crippen LogP contribution is -2.12. The van der Waals surface area contributed by atoms with Crippen LogP contribution in [0.3, 0.4) is 0 Å². The molecule has 0 N–H and O–H groups in total. The molecule has 0 bridgehead atoms. The van der Waals surface area contributed by atoms with E-state index in [1.165, 1.54) is 36.6 Å². The van der Waals surface area contributed by atoms with E-state index < -0.39 is 0 Å². The van der Waals surface area contributed by atoms with Crippen molar-refractivity contribution in [2.75, 3.05) is 9.80 Å². The Morgan fingerprint density at radius 1 is 0.302 bits per heavy atom. The fraction of sp³-hybridized carbons (Fsp3) is 0. The van der Waals surface area contributed by atoms with Crippen LogP contribution in [0.5, 0.6) is 0 Å². The third-order valence-electron chi connectivity index (χ3n) is 8.02. The maximum absolute atomic E-state index is 2.39. The van der Waals surface area contributed by atoms with Crippen molar-refractivity contribution in [3.63, 3.8) is 0 Å². The van der Waals surface area contributed by atoms with Crippen LogP contribution in [0.4, 0.5) is 34.1 Å². The molecule has 0 saturated heterocycles. The second-order valence-corrected chi connectivity index (χ2v) is 11.6. The Labute approximate surface area is 255 Å². The van der Waals surface area contributed by atoms with Crippen molar-refractivity contribution in [3.8, 4) is 0 Å². The monoisotopic (exact) mass is 568 g/mol. The van der Waals surface area contributed by atoms with Crippen LogP contribution in [0.1, 0.15) is 0 Å². The van der Waals surface area contributed by atoms with Gasteiger partial charge in [-0.25, -0.2) is 0 Å². The standard InChI is InChI=1S/C40H28N2S/c1-4-14-30(15-5-1)41(31-16-6-2-7-17-31)33-24-26-34(27-25-33)42(32-18-8-3-9-19-32)38-22-12-21-36-37-28-23-29-13-10-11-20-35(29)39(37)43-40(36)38/h1-28H. The highest BCUT2D eigenvalue weighted by molar-refractivity contribution is 7.27. The van der Waals surface area contributed by atoms with Crippen LogP contribution < -0.4 is 9.80 Å². The minimum Gasteiger partial charge on any atom is -0.311 e. The topological polar surface area (TPSA) is 6.48 Å². The summed E-state index contributed by atoms with van der Waals surface area (Å²) < 4.78 is 2.63. The molecule has 2 nitrogen and oxygen atoms in total. The average Bonchev–Trinajstić information content (AvgIpc) is 3.47. The molecule has 3 heteroatoms. The molecule has 0 saturated carbocycles. The lowest BCUT2D eigenvalue weighted by atomic mass is 10.1. The van der Waals surface area contributed by atoms with Crippen molar-refractivity contribution >= 4 is 76.4 Å². The Bertz CT molecular complexity index is 2130. The Kier molecular flexibility index (Phi) is 6.36. The molecule has 8 rings (SSSR count). The van der Waals surface area contributed by atoms with Crippen LogP contribution in [0.2, 0.25) is 0 Å². The maximum Gasteiger partial charge on any atom is 0.0640 e. The van der Waals surface area contributed by atoms with Gasteiger partial charge in [-0.05, 0) is 77.5 Å². The molecule has 0 aliphatic heterocycles. The predicted octanol–water partition coefficient (Wildman–Crippen LogP) is 12.1. The molecule has 43 heavy (non-hydrogen) atoms. The van der Waals surface area contributed by atoms with Gasteiger partial charge in [-0.3, -0.25) is 0 Å². The summed E-state index contributed by atoms with van der Waals surface area (Å²) in [5, 5.41) is 5.19. The van der Waals surface area contributed by atoms with Gasteiger partial charge in [0, 0.05) is 43.9 Å². The summed E-state index contributed by atoms with van der Waals surface area (Å²) in [6.45, 7) is 0. The Morgan fingerprint density at radius 3 is 1.40 bits per heavy atom. The van der Waals surface area contributed by atoms with Gasteiger partial charge in [-0.1, -0.05) is 103 Å². The second-order valence-electron chi connectivity index (χ2n) is 10.6. The third-order valence-corrected chi connectivity index (χ3v) is 9.30. The van der Waals surface area contributed by atoms with Crippen LogP contribution in [0, 0.1) is 0 Å². The molecule has 1 heterocycles. The van der Waals surface area contributed by atoms with Crippen molar-refractivity contribution in [2.24, 2.45) is 0 Å². The number of rotatable bonds is 6. The molecule has 1 aromatic heterocycles. The first-order valence-electron chi connectivity index (χ1n) is 14.5. The van der Waals surface area contributed by atoms with Gasteiger partial charge in [0.15, 0.2) is 0 Å². The molecule has 0 unspecified atom stereocenters. The van der Waals surface area contributed by atoms with E-state index in [1.807, 2.05) is 11.3 Å². The summed E-state index contributed by atoms with van der Waals surface area (Å²) in [6, 6.07) is 60.6. The first kappa shape index (κ1) is 25.3. The minimum absolute atomic E-state index is 1.11. The van der Waals surface area contributed by atoms with Gasteiger partial charge < -0.3 is 9.80 Å². The van der Waals surface area contributed by atoms with Crippen LogP contribution in [-0.2, 0) is 0 Å². The van der Waals surface area contributed by atoms with Crippen LogP contribution >= 0.6 is 11.3 Å². The first-order valence-corrected chi connectivity index (χ1v) is 15.4. The van der Waals surface area contributed by atoms with Gasteiger partial charge in [0.25, 0.3) is 0 Å². The minimum atomic E-state index is 1.11. The highest BCUT2D eigenvalue weighted by Gasteiger charge is 2.19. The quantitative estimate of drug-likeness (QED) is 0.197. The molecular formula is C40H28N2S. The van der Waals surface area contributed by atoms with Gasteiger partial charge in [0.2, 0.25) is 0 Å². The van der Waals surface area contributed by atoms with E-state index in [0.717, 1.165) is 28.4 Å². The largest absolute Gasteiger partial charge is 0.311 e. The van der Waals surface area contributed by atoms with Crippen molar-refractivity contribution < 1.29 is 0 Å². The third kappa shape index (κ3) is 4.51. The Balaban J connectivity index is 1.29. The van der Waals surface area contributed by atoms with Crippen LogP contribution in [-0.4, -0.2) is 0 Å². The normalized spacial score (nSPS) is 11.3. The fourth-order valence-electron chi connectivity index (χ4n) is 6.04. The average molecular weight is 569 g/mol. The molecule has 0 amide bonds. The number of hydrogen-bond acceptors (Lipinski definition) is 3. The molecule has 0 aliphatic rings. The Morgan fingerprint density at radius 2 is 0.767 bits per heavy atom. The van der Waals surface area contributed by atoms with Gasteiger partial charge in [-0.15, -0.1) is 11.3 Å². The van der Waals surface area contributed by atoms with E-state index in [-0.39, 0.29) is 0 Å². The second kappa shape index (κ2) is 10.8. The number of thiophene rings is 1. The molecule has 0 fully saturated rings. The molecular weight excluding hydrogens is 541 g/mol. The van der Waals surface area contributed by atoms with Gasteiger partial charge in [-0.2, -0.15) is 0 Å². The summed E-state index contributed by atoms with van der Waals surface area (Å²) >= 11 is 1.89. The van der Waals surface area contributed by atoms with E-state index in [9.17, 15) is 0 Å². The highest BCUT2D eigenvalue weighted by Crippen LogP contribution is 2.46. The van der Waals surface area contributed by atoms with Crippen molar-refractivity contribution in [1.29, 1.82) is 0 Å². The van der Waals surface area contributed by atoms with E-state index >= 15 is 0 Å². The van der Waals surface area contributed by atoms with E-state index in [1.54, 1.807) is 0 Å². The highest BCUT2D eigenvalue weighted by atomic mass is 32.1. The number of benzene rings is 7. The van der Waals surface area contributed by atoms with Gasteiger partial charge in [0.05, 0.1) is 10.4 Å². The molecule has 0 radical (unpaired) electrons. The lowest BCUT2D eigenvalue weighted by molar-refractivity contribution is 1.26. The molecule has 204 valence electrons. The number of anilines is 6. The van der Waals surface area contributed by atoms with Gasteiger partial charge in [0.1, 0.15) is 0 Å².